The lowest BCUT2D eigenvalue weighted by atomic mass is 9.90. The molecule has 1 heteroatoms. The third-order valence-electron chi connectivity index (χ3n) is 2.88. The van der Waals surface area contributed by atoms with Crippen LogP contribution in [0.25, 0.3) is 0 Å². The zero-order valence-electron chi connectivity index (χ0n) is 6.01. The molecule has 54 valence electrons. The zero-order valence-corrected chi connectivity index (χ0v) is 6.01. The second-order valence-corrected chi connectivity index (χ2v) is 3.39. The molecule has 0 unspecified atom stereocenters. The fourth-order valence-electron chi connectivity index (χ4n) is 2.17. The summed E-state index contributed by atoms with van der Waals surface area (Å²) in [5, 5.41) is 9.41. The first kappa shape index (κ1) is 6.17. The van der Waals surface area contributed by atoms with Gasteiger partial charge in [-0.05, 0) is 29.9 Å². The number of hydrogen-bond acceptors (Lipinski definition) is 1. The quantitative estimate of drug-likeness (QED) is 0.535. The minimum absolute atomic E-state index is 0.122. The van der Waals surface area contributed by atoms with E-state index in [0.29, 0.717) is 11.8 Å². The van der Waals surface area contributed by atoms with E-state index in [9.17, 15) is 5.11 Å². The first-order valence-electron chi connectivity index (χ1n) is 3.76. The third-order valence-corrected chi connectivity index (χ3v) is 2.88. The summed E-state index contributed by atoms with van der Waals surface area (Å²) in [6.07, 6.45) is 1.89. The van der Waals surface area contributed by atoms with Crippen LogP contribution >= 0.6 is 0 Å². The summed E-state index contributed by atoms with van der Waals surface area (Å²) in [5.74, 6) is 0.894. The monoisotopic (exact) mass is 136 g/mol. The van der Waals surface area contributed by atoms with Gasteiger partial charge >= 0.3 is 0 Å². The molecule has 0 spiro atoms. The summed E-state index contributed by atoms with van der Waals surface area (Å²) in [5.41, 5.74) is 2.29. The summed E-state index contributed by atoms with van der Waals surface area (Å²) in [6, 6.07) is 0. The summed E-state index contributed by atoms with van der Waals surface area (Å²) in [6.45, 7) is 7.85. The van der Waals surface area contributed by atoms with Gasteiger partial charge in [-0.3, -0.25) is 0 Å². The second kappa shape index (κ2) is 1.73. The molecule has 0 heterocycles. The van der Waals surface area contributed by atoms with E-state index in [-0.39, 0.29) is 6.10 Å². The zero-order chi connectivity index (χ0) is 7.30. The smallest absolute Gasteiger partial charge is 0.0614 e. The van der Waals surface area contributed by atoms with Crippen molar-refractivity contribution in [2.75, 3.05) is 0 Å². The molecule has 0 aromatic heterocycles. The molecule has 0 aromatic carbocycles. The van der Waals surface area contributed by atoms with Gasteiger partial charge < -0.3 is 5.11 Å². The van der Waals surface area contributed by atoms with Crippen molar-refractivity contribution in [3.63, 3.8) is 0 Å². The van der Waals surface area contributed by atoms with Crippen molar-refractivity contribution in [1.82, 2.24) is 0 Å². The summed E-state index contributed by atoms with van der Waals surface area (Å²) < 4.78 is 0. The third kappa shape index (κ3) is 0.562. The number of fused-ring (bicyclic) bond motifs is 2. The van der Waals surface area contributed by atoms with Crippen molar-refractivity contribution in [1.29, 1.82) is 0 Å². The Labute approximate surface area is 61.1 Å². The SMILES string of the molecule is C=C1C(=C)[C@@H]2C[C@H]1C[C@H]2O. The van der Waals surface area contributed by atoms with Gasteiger partial charge in [0.25, 0.3) is 0 Å². The molecule has 0 radical (unpaired) electrons. The van der Waals surface area contributed by atoms with Gasteiger partial charge in [0.2, 0.25) is 0 Å². The van der Waals surface area contributed by atoms with Crippen LogP contribution in [0.5, 0.6) is 0 Å². The fraction of sp³-hybridized carbons (Fsp3) is 0.556. The van der Waals surface area contributed by atoms with Crippen molar-refractivity contribution in [3.8, 4) is 0 Å². The predicted molar refractivity (Wildman–Crippen MR) is 40.5 cm³/mol. The van der Waals surface area contributed by atoms with Crippen LogP contribution in [0, 0.1) is 11.8 Å². The maximum Gasteiger partial charge on any atom is 0.0614 e. The number of hydrogen-bond donors (Lipinski definition) is 1. The highest BCUT2D eigenvalue weighted by molar-refractivity contribution is 5.39. The maximum absolute atomic E-state index is 9.41. The van der Waals surface area contributed by atoms with Crippen molar-refractivity contribution in [2.45, 2.75) is 18.9 Å². The highest BCUT2D eigenvalue weighted by Gasteiger charge is 2.43. The predicted octanol–water partition coefficient (Wildman–Crippen LogP) is 1.50. The molecule has 0 saturated heterocycles. The van der Waals surface area contributed by atoms with E-state index < -0.39 is 0 Å². The molecule has 2 fully saturated rings. The highest BCUT2D eigenvalue weighted by atomic mass is 16.3. The number of aliphatic hydroxyl groups is 1. The first-order valence-corrected chi connectivity index (χ1v) is 3.76. The van der Waals surface area contributed by atoms with Crippen LogP contribution in [0.2, 0.25) is 0 Å². The van der Waals surface area contributed by atoms with E-state index in [1.54, 1.807) is 0 Å². The summed E-state index contributed by atoms with van der Waals surface area (Å²) in [7, 11) is 0. The molecule has 0 aromatic rings. The molecule has 2 aliphatic rings. The fourth-order valence-corrected chi connectivity index (χ4v) is 2.17. The molecule has 10 heavy (non-hydrogen) atoms. The van der Waals surface area contributed by atoms with Crippen LogP contribution in [0.4, 0.5) is 0 Å². The lowest BCUT2D eigenvalue weighted by molar-refractivity contribution is 0.142. The Bertz CT molecular complexity index is 205. The Balaban J connectivity index is 2.32. The molecule has 0 amide bonds. The standard InChI is InChI=1S/C9H12O/c1-5-6(2)8-3-7(5)4-9(8)10/h7-10H,1-4H2/t7-,8-,9+/m0/s1. The Morgan fingerprint density at radius 1 is 1.20 bits per heavy atom. The molecule has 2 aliphatic carbocycles. The van der Waals surface area contributed by atoms with Crippen LogP contribution in [-0.4, -0.2) is 11.2 Å². The normalized spacial score (nSPS) is 45.1. The van der Waals surface area contributed by atoms with Gasteiger partial charge in [0.1, 0.15) is 0 Å². The van der Waals surface area contributed by atoms with E-state index >= 15 is 0 Å². The van der Waals surface area contributed by atoms with Gasteiger partial charge in [0.05, 0.1) is 6.10 Å². The second-order valence-electron chi connectivity index (χ2n) is 3.39. The van der Waals surface area contributed by atoms with E-state index in [1.165, 1.54) is 5.57 Å². The van der Waals surface area contributed by atoms with Crippen LogP contribution in [0.3, 0.4) is 0 Å². The van der Waals surface area contributed by atoms with Gasteiger partial charge in [-0.1, -0.05) is 13.2 Å². The van der Waals surface area contributed by atoms with Gasteiger partial charge in [0.15, 0.2) is 0 Å². The van der Waals surface area contributed by atoms with Crippen LogP contribution in [0.1, 0.15) is 12.8 Å². The van der Waals surface area contributed by atoms with E-state index in [2.05, 4.69) is 13.2 Å². The molecule has 0 aliphatic heterocycles. The van der Waals surface area contributed by atoms with Crippen LogP contribution in [0.15, 0.2) is 24.3 Å². The Morgan fingerprint density at radius 2 is 1.90 bits per heavy atom. The minimum atomic E-state index is -0.122. The van der Waals surface area contributed by atoms with Gasteiger partial charge in [-0.15, -0.1) is 0 Å². The van der Waals surface area contributed by atoms with Crippen molar-refractivity contribution >= 4 is 0 Å². The maximum atomic E-state index is 9.41. The topological polar surface area (TPSA) is 20.2 Å². The van der Waals surface area contributed by atoms with Gasteiger partial charge in [-0.2, -0.15) is 0 Å². The van der Waals surface area contributed by atoms with Gasteiger partial charge in [-0.25, -0.2) is 0 Å². The number of rotatable bonds is 0. The number of aliphatic hydroxyl groups excluding tert-OH is 1. The average molecular weight is 136 g/mol. The van der Waals surface area contributed by atoms with Crippen LogP contribution < -0.4 is 0 Å². The molecule has 2 rings (SSSR count). The molecule has 1 nitrogen and oxygen atoms in total. The van der Waals surface area contributed by atoms with E-state index in [0.717, 1.165) is 18.4 Å². The van der Waals surface area contributed by atoms with E-state index in [4.69, 9.17) is 0 Å². The lowest BCUT2D eigenvalue weighted by Crippen LogP contribution is -2.18. The molecule has 3 atom stereocenters. The summed E-state index contributed by atoms with van der Waals surface area (Å²) >= 11 is 0. The largest absolute Gasteiger partial charge is 0.392 e. The lowest BCUT2D eigenvalue weighted by Gasteiger charge is -2.19. The Morgan fingerprint density at radius 3 is 2.30 bits per heavy atom. The molecular formula is C9H12O. The van der Waals surface area contributed by atoms with Crippen molar-refractivity contribution < 1.29 is 5.11 Å². The molecule has 2 bridgehead atoms. The minimum Gasteiger partial charge on any atom is -0.392 e. The summed E-state index contributed by atoms with van der Waals surface area (Å²) in [4.78, 5) is 0. The van der Waals surface area contributed by atoms with Crippen molar-refractivity contribution in [3.05, 3.63) is 24.3 Å². The molecule has 2 saturated carbocycles. The Hall–Kier alpha value is -0.560. The Kier molecular flexibility index (Phi) is 1.07. The van der Waals surface area contributed by atoms with Gasteiger partial charge in [0, 0.05) is 5.92 Å². The van der Waals surface area contributed by atoms with E-state index in [1.807, 2.05) is 0 Å². The van der Waals surface area contributed by atoms with Crippen molar-refractivity contribution in [2.24, 2.45) is 11.8 Å². The highest BCUT2D eigenvalue weighted by Crippen LogP contribution is 2.50. The first-order chi connectivity index (χ1) is 4.70. The van der Waals surface area contributed by atoms with Crippen LogP contribution in [-0.2, 0) is 0 Å². The molecule has 1 N–H and O–H groups in total. The number of allylic oxidation sites excluding steroid dienone is 1. The molecular weight excluding hydrogens is 124 g/mol. The average Bonchev–Trinajstić information content (AvgIpc) is 2.36.